The van der Waals surface area contributed by atoms with Gasteiger partial charge in [0.05, 0.1) is 11.1 Å². The molecule has 3 aromatic heterocycles. The number of hydrogen-bond acceptors (Lipinski definition) is 5. The molecular formula is C22H14FN5O2. The summed E-state index contributed by atoms with van der Waals surface area (Å²) in [4.78, 5) is 16.8. The minimum atomic E-state index is -0.340. The molecule has 0 bridgehead atoms. The minimum absolute atomic E-state index is 0.326. The molecule has 0 radical (unpaired) electrons. The molecule has 0 saturated carbocycles. The molecule has 0 saturated heterocycles. The highest BCUT2D eigenvalue weighted by Gasteiger charge is 2.15. The van der Waals surface area contributed by atoms with Crippen molar-refractivity contribution < 1.29 is 13.7 Å². The van der Waals surface area contributed by atoms with Crippen LogP contribution in [0.5, 0.6) is 0 Å². The van der Waals surface area contributed by atoms with Crippen molar-refractivity contribution in [3.05, 3.63) is 84.4 Å². The van der Waals surface area contributed by atoms with Crippen molar-refractivity contribution in [1.82, 2.24) is 20.3 Å². The first kappa shape index (κ1) is 17.7. The van der Waals surface area contributed by atoms with Gasteiger partial charge in [0, 0.05) is 35.2 Å². The fourth-order valence-electron chi connectivity index (χ4n) is 3.14. The van der Waals surface area contributed by atoms with E-state index in [4.69, 9.17) is 4.52 Å². The fourth-order valence-corrected chi connectivity index (χ4v) is 3.14. The van der Waals surface area contributed by atoms with Crippen LogP contribution in [-0.2, 0) is 0 Å². The van der Waals surface area contributed by atoms with Crippen molar-refractivity contribution in [3.8, 4) is 22.6 Å². The average molecular weight is 399 g/mol. The zero-order chi connectivity index (χ0) is 20.5. The third-order valence-electron chi connectivity index (χ3n) is 4.64. The van der Waals surface area contributed by atoms with Crippen molar-refractivity contribution in [2.45, 2.75) is 0 Å². The number of halogens is 1. The molecular weight excluding hydrogens is 385 g/mol. The molecule has 7 nitrogen and oxygen atoms in total. The van der Waals surface area contributed by atoms with Crippen molar-refractivity contribution in [3.63, 3.8) is 0 Å². The van der Waals surface area contributed by atoms with E-state index in [1.807, 2.05) is 12.1 Å². The summed E-state index contributed by atoms with van der Waals surface area (Å²) in [5.41, 5.74) is 3.29. The van der Waals surface area contributed by atoms with Crippen LogP contribution >= 0.6 is 0 Å². The third kappa shape index (κ3) is 3.30. The van der Waals surface area contributed by atoms with Crippen molar-refractivity contribution in [2.75, 3.05) is 5.32 Å². The Morgan fingerprint density at radius 3 is 2.70 bits per heavy atom. The van der Waals surface area contributed by atoms with Crippen molar-refractivity contribution in [2.24, 2.45) is 0 Å². The van der Waals surface area contributed by atoms with Crippen LogP contribution in [0.1, 0.15) is 10.4 Å². The molecule has 0 aliphatic carbocycles. The van der Waals surface area contributed by atoms with Crippen LogP contribution in [0.15, 0.2) is 77.6 Å². The van der Waals surface area contributed by atoms with E-state index in [9.17, 15) is 9.18 Å². The van der Waals surface area contributed by atoms with Gasteiger partial charge in [-0.05, 0) is 54.6 Å². The first-order chi connectivity index (χ1) is 14.7. The maximum absolute atomic E-state index is 13.2. The number of anilines is 1. The first-order valence-electron chi connectivity index (χ1n) is 9.10. The Morgan fingerprint density at radius 2 is 1.90 bits per heavy atom. The Bertz CT molecular complexity index is 1340. The Labute approximate surface area is 169 Å². The van der Waals surface area contributed by atoms with Crippen LogP contribution in [0.2, 0.25) is 0 Å². The maximum Gasteiger partial charge on any atom is 0.256 e. The number of nitrogens with zero attached hydrogens (tertiary/aromatic N) is 3. The number of H-pyrrole nitrogens is 1. The molecule has 5 aromatic rings. The number of pyridine rings is 1. The summed E-state index contributed by atoms with van der Waals surface area (Å²) in [6, 6.07) is 16.4. The predicted octanol–water partition coefficient (Wildman–Crippen LogP) is 4.67. The number of rotatable bonds is 4. The van der Waals surface area contributed by atoms with Gasteiger partial charge in [0.1, 0.15) is 11.3 Å². The summed E-state index contributed by atoms with van der Waals surface area (Å²) in [7, 11) is 0. The number of benzene rings is 2. The molecule has 30 heavy (non-hydrogen) atoms. The van der Waals surface area contributed by atoms with Crippen LogP contribution in [0.4, 0.5) is 10.2 Å². The standard InChI is InChI=1S/C22H14FN5O2/c23-16-6-3-13(4-7-16)21-17-10-14(5-8-18(17)28-30-21)22(29)25-20-11-19(26-27-20)15-2-1-9-24-12-15/h1-12H,(H2,25,26,27,29). The van der Waals surface area contributed by atoms with Gasteiger partial charge in [0.25, 0.3) is 5.91 Å². The van der Waals surface area contributed by atoms with Gasteiger partial charge in [-0.25, -0.2) is 4.39 Å². The number of aromatic nitrogens is 4. The van der Waals surface area contributed by atoms with E-state index in [0.717, 1.165) is 11.3 Å². The van der Waals surface area contributed by atoms with Crippen LogP contribution < -0.4 is 5.32 Å². The van der Waals surface area contributed by atoms with Crippen LogP contribution in [-0.4, -0.2) is 26.2 Å². The molecule has 0 atom stereocenters. The second kappa shape index (κ2) is 7.25. The van der Waals surface area contributed by atoms with E-state index in [2.05, 4.69) is 25.7 Å². The second-order valence-electron chi connectivity index (χ2n) is 6.61. The van der Waals surface area contributed by atoms with E-state index < -0.39 is 0 Å². The van der Waals surface area contributed by atoms with Gasteiger partial charge in [-0.1, -0.05) is 5.16 Å². The van der Waals surface area contributed by atoms with Crippen LogP contribution in [0.25, 0.3) is 33.5 Å². The van der Waals surface area contributed by atoms with E-state index in [1.165, 1.54) is 12.1 Å². The number of aromatic amines is 1. The van der Waals surface area contributed by atoms with Gasteiger partial charge >= 0.3 is 0 Å². The molecule has 0 spiro atoms. The summed E-state index contributed by atoms with van der Waals surface area (Å²) in [5.74, 6) is 0.195. The molecule has 0 fully saturated rings. The maximum atomic E-state index is 13.2. The number of nitrogens with one attached hydrogen (secondary N) is 2. The van der Waals surface area contributed by atoms with Gasteiger partial charge in [0.2, 0.25) is 0 Å². The lowest BCUT2D eigenvalue weighted by atomic mass is 10.1. The normalized spacial score (nSPS) is 11.0. The summed E-state index contributed by atoms with van der Waals surface area (Å²) < 4.78 is 18.6. The molecule has 0 aliphatic rings. The molecule has 5 rings (SSSR count). The molecule has 0 aliphatic heterocycles. The molecule has 8 heteroatoms. The third-order valence-corrected chi connectivity index (χ3v) is 4.64. The van der Waals surface area contributed by atoms with E-state index in [0.29, 0.717) is 33.6 Å². The summed E-state index contributed by atoms with van der Waals surface area (Å²) >= 11 is 0. The predicted molar refractivity (Wildman–Crippen MR) is 109 cm³/mol. The topological polar surface area (TPSA) is 96.7 Å². The summed E-state index contributed by atoms with van der Waals surface area (Å²) in [6.07, 6.45) is 3.39. The molecule has 3 heterocycles. The Hall–Kier alpha value is -4.33. The van der Waals surface area contributed by atoms with Gasteiger partial charge in [-0.15, -0.1) is 0 Å². The molecule has 2 N–H and O–H groups in total. The average Bonchev–Trinajstić information content (AvgIpc) is 3.42. The van der Waals surface area contributed by atoms with Gasteiger partial charge < -0.3 is 9.84 Å². The lowest BCUT2D eigenvalue weighted by Crippen LogP contribution is -2.12. The van der Waals surface area contributed by atoms with Gasteiger partial charge in [-0.3, -0.25) is 14.9 Å². The second-order valence-corrected chi connectivity index (χ2v) is 6.61. The number of hydrogen-bond donors (Lipinski definition) is 2. The SMILES string of the molecule is O=C(Nc1cc(-c2cccnc2)[nH]n1)c1ccc2noc(-c3ccc(F)cc3)c2c1. The highest BCUT2D eigenvalue weighted by atomic mass is 19.1. The zero-order valence-corrected chi connectivity index (χ0v) is 15.5. The van der Waals surface area contributed by atoms with Crippen molar-refractivity contribution >= 4 is 22.6 Å². The number of carbonyl (C=O) groups is 1. The minimum Gasteiger partial charge on any atom is -0.355 e. The first-order valence-corrected chi connectivity index (χ1v) is 9.10. The fraction of sp³-hybridized carbons (Fsp3) is 0. The number of amides is 1. The zero-order valence-electron chi connectivity index (χ0n) is 15.5. The molecule has 0 unspecified atom stereocenters. The molecule has 2 aromatic carbocycles. The number of fused-ring (bicyclic) bond motifs is 1. The van der Waals surface area contributed by atoms with Gasteiger partial charge in [-0.2, -0.15) is 5.10 Å². The number of carbonyl (C=O) groups excluding carboxylic acids is 1. The van der Waals surface area contributed by atoms with Crippen LogP contribution in [0.3, 0.4) is 0 Å². The quantitative estimate of drug-likeness (QED) is 0.458. The van der Waals surface area contributed by atoms with Crippen LogP contribution in [0, 0.1) is 5.82 Å². The Morgan fingerprint density at radius 1 is 1.03 bits per heavy atom. The van der Waals surface area contributed by atoms with Gasteiger partial charge in [0.15, 0.2) is 11.6 Å². The largest absolute Gasteiger partial charge is 0.355 e. The van der Waals surface area contributed by atoms with E-state index >= 15 is 0 Å². The Kier molecular flexibility index (Phi) is 4.29. The van der Waals surface area contributed by atoms with Crippen molar-refractivity contribution in [1.29, 1.82) is 0 Å². The Balaban J connectivity index is 1.42. The molecule has 1 amide bonds. The molecule has 146 valence electrons. The lowest BCUT2D eigenvalue weighted by molar-refractivity contribution is 0.102. The van der Waals surface area contributed by atoms with E-state index in [-0.39, 0.29) is 11.7 Å². The smallest absolute Gasteiger partial charge is 0.256 e. The highest BCUT2D eigenvalue weighted by molar-refractivity contribution is 6.07. The summed E-state index contributed by atoms with van der Waals surface area (Å²) in [5, 5.41) is 14.5. The highest BCUT2D eigenvalue weighted by Crippen LogP contribution is 2.29. The van der Waals surface area contributed by atoms with E-state index in [1.54, 1.807) is 48.8 Å². The lowest BCUT2D eigenvalue weighted by Gasteiger charge is -2.02. The monoisotopic (exact) mass is 399 g/mol. The summed E-state index contributed by atoms with van der Waals surface area (Å²) in [6.45, 7) is 0.